The largest absolute Gasteiger partial charge is 0.370 e. The van der Waals surface area contributed by atoms with Crippen molar-refractivity contribution in [3.8, 4) is 0 Å². The molecule has 0 bridgehead atoms. The summed E-state index contributed by atoms with van der Waals surface area (Å²) in [6.07, 6.45) is 1.54. The van der Waals surface area contributed by atoms with Crippen LogP contribution in [-0.4, -0.2) is 36.8 Å². The monoisotopic (exact) mass is 264 g/mol. The van der Waals surface area contributed by atoms with Gasteiger partial charge in [0.15, 0.2) is 0 Å². The van der Waals surface area contributed by atoms with Crippen molar-refractivity contribution in [1.29, 1.82) is 0 Å². The van der Waals surface area contributed by atoms with E-state index in [1.54, 1.807) is 0 Å². The Morgan fingerprint density at radius 2 is 2.00 bits per heavy atom. The normalized spacial score (nSPS) is 15.9. The molecule has 1 heterocycles. The Morgan fingerprint density at radius 1 is 1.33 bits per heavy atom. The smallest absolute Gasteiger partial charge is 0.331 e. The van der Waals surface area contributed by atoms with E-state index in [0.29, 0.717) is 0 Å². The summed E-state index contributed by atoms with van der Waals surface area (Å²) in [5.41, 5.74) is 2.16. The predicted molar refractivity (Wildman–Crippen MR) is 75.3 cm³/mol. The molecule has 0 atom stereocenters. The lowest BCUT2D eigenvalue weighted by Gasteiger charge is -2.28. The van der Waals surface area contributed by atoms with Gasteiger partial charge in [-0.3, -0.25) is 0 Å². The van der Waals surface area contributed by atoms with Crippen molar-refractivity contribution in [1.82, 2.24) is 0 Å². The van der Waals surface area contributed by atoms with Gasteiger partial charge in [0.25, 0.3) is 0 Å². The number of rotatable bonds is 3. The highest BCUT2D eigenvalue weighted by molar-refractivity contribution is 7.99. The van der Waals surface area contributed by atoms with E-state index in [1.807, 2.05) is 23.9 Å². The molecule has 0 spiro atoms. The molecule has 0 saturated carbocycles. The van der Waals surface area contributed by atoms with Gasteiger partial charge in [0, 0.05) is 37.2 Å². The number of nitrogens with zero attached hydrogens (tertiary/aromatic N) is 2. The summed E-state index contributed by atoms with van der Waals surface area (Å²) in [6, 6.07) is 8.10. The summed E-state index contributed by atoms with van der Waals surface area (Å²) in [5, 5.41) is 3.59. The Balaban J connectivity index is 1.96. The average Bonchev–Trinajstić information content (AvgIpc) is 2.40. The maximum atomic E-state index is 10.5. The second-order valence-corrected chi connectivity index (χ2v) is 5.23. The van der Waals surface area contributed by atoms with Crippen molar-refractivity contribution in [3.05, 3.63) is 29.8 Å². The van der Waals surface area contributed by atoms with Gasteiger partial charge in [-0.15, -0.1) is 0 Å². The van der Waals surface area contributed by atoms with Crippen LogP contribution < -0.4 is 4.90 Å². The van der Waals surface area contributed by atoms with Gasteiger partial charge in [-0.25, -0.2) is 4.79 Å². The average molecular weight is 264 g/mol. The van der Waals surface area contributed by atoms with Gasteiger partial charge in [-0.2, -0.15) is 11.8 Å². The van der Waals surface area contributed by atoms with Crippen molar-refractivity contribution in [2.75, 3.05) is 29.5 Å². The van der Waals surface area contributed by atoms with E-state index in [-0.39, 0.29) is 0 Å². The van der Waals surface area contributed by atoms with Crippen LogP contribution >= 0.6 is 11.8 Å². The maximum Gasteiger partial charge on any atom is 0.331 e. The van der Waals surface area contributed by atoms with Crippen molar-refractivity contribution in [3.63, 3.8) is 0 Å². The van der Waals surface area contributed by atoms with Crippen LogP contribution in [0.1, 0.15) is 12.5 Å². The standard InChI is InChI=1S/C13H16N2O2S/c1-11(16)17-14-10-12-2-4-13(5-3-12)15-6-8-18-9-7-15/h2-5,10H,6-9H2,1H3. The molecule has 4 nitrogen and oxygen atoms in total. The van der Waals surface area contributed by atoms with Crippen LogP contribution in [0.5, 0.6) is 0 Å². The van der Waals surface area contributed by atoms with Crippen molar-refractivity contribution in [2.24, 2.45) is 5.16 Å². The van der Waals surface area contributed by atoms with Gasteiger partial charge in [-0.1, -0.05) is 17.3 Å². The van der Waals surface area contributed by atoms with Crippen LogP contribution in [-0.2, 0) is 9.63 Å². The van der Waals surface area contributed by atoms with Crippen LogP contribution in [0.15, 0.2) is 29.4 Å². The van der Waals surface area contributed by atoms with Gasteiger partial charge in [0.2, 0.25) is 0 Å². The van der Waals surface area contributed by atoms with Crippen molar-refractivity contribution in [2.45, 2.75) is 6.92 Å². The fourth-order valence-corrected chi connectivity index (χ4v) is 2.66. The third-order valence-electron chi connectivity index (χ3n) is 2.65. The Bertz CT molecular complexity index is 425. The summed E-state index contributed by atoms with van der Waals surface area (Å²) in [7, 11) is 0. The number of anilines is 1. The molecule has 1 aliphatic heterocycles. The number of oxime groups is 1. The molecule has 1 saturated heterocycles. The molecule has 0 radical (unpaired) electrons. The third kappa shape index (κ3) is 3.77. The predicted octanol–water partition coefficient (Wildman–Crippen LogP) is 2.14. The van der Waals surface area contributed by atoms with Crippen molar-refractivity contribution < 1.29 is 9.63 Å². The van der Waals surface area contributed by atoms with Crippen LogP contribution in [0.2, 0.25) is 0 Å². The minimum atomic E-state index is -0.409. The van der Waals surface area contributed by atoms with Crippen LogP contribution in [0.3, 0.4) is 0 Å². The first-order valence-corrected chi connectivity index (χ1v) is 7.05. The molecule has 0 unspecified atom stereocenters. The molecule has 18 heavy (non-hydrogen) atoms. The summed E-state index contributed by atoms with van der Waals surface area (Å²) in [5.74, 6) is 1.97. The van der Waals surface area contributed by atoms with Crippen LogP contribution in [0.4, 0.5) is 5.69 Å². The second kappa shape index (κ2) is 6.44. The quantitative estimate of drug-likeness (QED) is 0.476. The Kier molecular flexibility index (Phi) is 4.64. The molecule has 1 aromatic rings. The molecule has 0 amide bonds. The number of carbonyl (C=O) groups is 1. The number of hydrogen-bond acceptors (Lipinski definition) is 5. The van der Waals surface area contributed by atoms with E-state index in [0.717, 1.165) is 18.7 Å². The first-order valence-electron chi connectivity index (χ1n) is 5.89. The fourth-order valence-electron chi connectivity index (χ4n) is 1.75. The van der Waals surface area contributed by atoms with E-state index < -0.39 is 5.97 Å². The number of thioether (sulfide) groups is 1. The van der Waals surface area contributed by atoms with Gasteiger partial charge in [-0.05, 0) is 17.7 Å². The van der Waals surface area contributed by atoms with Gasteiger partial charge in [0.05, 0.1) is 6.21 Å². The zero-order chi connectivity index (χ0) is 12.8. The van der Waals surface area contributed by atoms with E-state index in [9.17, 15) is 4.79 Å². The van der Waals surface area contributed by atoms with Crippen LogP contribution in [0.25, 0.3) is 0 Å². The van der Waals surface area contributed by atoms with Gasteiger partial charge in [0.1, 0.15) is 0 Å². The summed E-state index contributed by atoms with van der Waals surface area (Å²) < 4.78 is 0. The van der Waals surface area contributed by atoms with E-state index in [4.69, 9.17) is 0 Å². The molecule has 2 rings (SSSR count). The summed E-state index contributed by atoms with van der Waals surface area (Å²) in [4.78, 5) is 17.4. The fraction of sp³-hybridized carbons (Fsp3) is 0.385. The lowest BCUT2D eigenvalue weighted by molar-refractivity contribution is -0.140. The first kappa shape index (κ1) is 13.0. The third-order valence-corrected chi connectivity index (χ3v) is 3.59. The van der Waals surface area contributed by atoms with E-state index in [2.05, 4.69) is 27.0 Å². The lowest BCUT2D eigenvalue weighted by Crippen LogP contribution is -2.32. The molecule has 0 N–H and O–H groups in total. The summed E-state index contributed by atoms with van der Waals surface area (Å²) in [6.45, 7) is 3.53. The highest BCUT2D eigenvalue weighted by Crippen LogP contribution is 2.19. The molecule has 1 aliphatic rings. The number of hydrogen-bond donors (Lipinski definition) is 0. The molecular formula is C13H16N2O2S. The summed E-state index contributed by atoms with van der Waals surface area (Å²) >= 11 is 2.00. The minimum absolute atomic E-state index is 0.409. The highest BCUT2D eigenvalue weighted by atomic mass is 32.2. The topological polar surface area (TPSA) is 41.9 Å². The Morgan fingerprint density at radius 3 is 2.61 bits per heavy atom. The van der Waals surface area contributed by atoms with Crippen molar-refractivity contribution >= 4 is 29.6 Å². The molecule has 0 aliphatic carbocycles. The molecule has 0 aromatic heterocycles. The lowest BCUT2D eigenvalue weighted by atomic mass is 10.2. The van der Waals surface area contributed by atoms with Crippen LogP contribution in [0, 0.1) is 0 Å². The second-order valence-electron chi connectivity index (χ2n) is 4.01. The molecule has 1 aromatic carbocycles. The number of carbonyl (C=O) groups excluding carboxylic acids is 1. The Hall–Kier alpha value is -1.49. The molecule has 96 valence electrons. The first-order chi connectivity index (χ1) is 8.75. The number of benzene rings is 1. The minimum Gasteiger partial charge on any atom is -0.370 e. The van der Waals surface area contributed by atoms with Gasteiger partial charge < -0.3 is 9.74 Å². The SMILES string of the molecule is CC(=O)ON=Cc1ccc(N2CCSCC2)cc1. The van der Waals surface area contributed by atoms with Gasteiger partial charge >= 0.3 is 5.97 Å². The zero-order valence-corrected chi connectivity index (χ0v) is 11.2. The van der Waals surface area contributed by atoms with E-state index in [1.165, 1.54) is 30.3 Å². The molecule has 1 fully saturated rings. The highest BCUT2D eigenvalue weighted by Gasteiger charge is 2.10. The maximum absolute atomic E-state index is 10.5. The Labute approximate surface area is 111 Å². The molecule has 5 heteroatoms. The molecular weight excluding hydrogens is 248 g/mol. The van der Waals surface area contributed by atoms with E-state index >= 15 is 0 Å². The zero-order valence-electron chi connectivity index (χ0n) is 10.3.